The summed E-state index contributed by atoms with van der Waals surface area (Å²) in [6.07, 6.45) is 2.58. The molecule has 6 heteroatoms. The van der Waals surface area contributed by atoms with E-state index in [0.717, 1.165) is 6.26 Å². The van der Waals surface area contributed by atoms with Gasteiger partial charge in [0.15, 0.2) is 5.69 Å². The van der Waals surface area contributed by atoms with E-state index in [2.05, 4.69) is 9.97 Å². The van der Waals surface area contributed by atoms with Crippen molar-refractivity contribution in [3.8, 4) is 11.5 Å². The number of carboxylic acids is 1. The van der Waals surface area contributed by atoms with Gasteiger partial charge in [-0.25, -0.2) is 14.8 Å². The van der Waals surface area contributed by atoms with Crippen molar-refractivity contribution in [2.24, 2.45) is 0 Å². The summed E-state index contributed by atoms with van der Waals surface area (Å²) in [4.78, 5) is 18.1. The summed E-state index contributed by atoms with van der Waals surface area (Å²) < 4.78 is 4.98. The molecule has 15 heavy (non-hydrogen) atoms. The Morgan fingerprint density at radius 1 is 1.53 bits per heavy atom. The summed E-state index contributed by atoms with van der Waals surface area (Å²) in [5, 5.41) is 8.86. The summed E-state index contributed by atoms with van der Waals surface area (Å²) in [5.41, 5.74) is 0.302. The second-order valence-electron chi connectivity index (χ2n) is 2.68. The van der Waals surface area contributed by atoms with Gasteiger partial charge < -0.3 is 9.52 Å². The van der Waals surface area contributed by atoms with Crippen LogP contribution in [-0.2, 0) is 0 Å². The lowest BCUT2D eigenvalue weighted by atomic mass is 10.3. The highest BCUT2D eigenvalue weighted by molar-refractivity contribution is 6.31. The molecule has 0 spiro atoms. The molecule has 0 saturated heterocycles. The van der Waals surface area contributed by atoms with E-state index in [1.807, 2.05) is 0 Å². The Kier molecular flexibility index (Phi) is 2.39. The van der Waals surface area contributed by atoms with Gasteiger partial charge >= 0.3 is 5.97 Å². The van der Waals surface area contributed by atoms with Gasteiger partial charge in [-0.2, -0.15) is 0 Å². The van der Waals surface area contributed by atoms with Crippen molar-refractivity contribution in [1.29, 1.82) is 0 Å². The Hall–Kier alpha value is -1.88. The first-order valence-electron chi connectivity index (χ1n) is 3.98. The zero-order valence-electron chi connectivity index (χ0n) is 7.35. The topological polar surface area (TPSA) is 76.2 Å². The minimum atomic E-state index is -1.15. The van der Waals surface area contributed by atoms with Gasteiger partial charge in [0.05, 0.1) is 5.56 Å². The summed E-state index contributed by atoms with van der Waals surface area (Å²) in [5.74, 6) is -1.00. The van der Waals surface area contributed by atoms with Crippen molar-refractivity contribution >= 4 is 17.6 Å². The molecule has 76 valence electrons. The molecule has 0 bridgehead atoms. The maximum Gasteiger partial charge on any atom is 0.357 e. The van der Waals surface area contributed by atoms with Crippen molar-refractivity contribution < 1.29 is 14.3 Å². The monoisotopic (exact) mass is 224 g/mol. The highest BCUT2D eigenvalue weighted by Crippen LogP contribution is 2.24. The molecular weight excluding hydrogens is 220 g/mol. The van der Waals surface area contributed by atoms with Crippen LogP contribution in [0.15, 0.2) is 29.0 Å². The first-order valence-corrected chi connectivity index (χ1v) is 4.36. The summed E-state index contributed by atoms with van der Waals surface area (Å²) >= 11 is 5.79. The largest absolute Gasteiger partial charge is 0.476 e. The molecule has 0 amide bonds. The number of aromatic nitrogens is 2. The molecule has 0 aliphatic rings. The molecule has 0 saturated carbocycles. The molecule has 0 aliphatic carbocycles. The van der Waals surface area contributed by atoms with Crippen LogP contribution in [-0.4, -0.2) is 21.0 Å². The van der Waals surface area contributed by atoms with Gasteiger partial charge in [0.2, 0.25) is 5.89 Å². The predicted molar refractivity (Wildman–Crippen MR) is 51.7 cm³/mol. The van der Waals surface area contributed by atoms with Crippen LogP contribution in [0.4, 0.5) is 0 Å². The fraction of sp³-hybridized carbons (Fsp3) is 0. The molecular formula is C9H5ClN2O3. The molecule has 2 heterocycles. The second kappa shape index (κ2) is 3.70. The van der Waals surface area contributed by atoms with E-state index in [0.29, 0.717) is 5.56 Å². The molecule has 2 rings (SSSR count). The maximum absolute atomic E-state index is 10.6. The molecule has 0 aromatic carbocycles. The zero-order chi connectivity index (χ0) is 10.8. The van der Waals surface area contributed by atoms with E-state index in [4.69, 9.17) is 21.1 Å². The number of nitrogens with zero attached hydrogens (tertiary/aromatic N) is 2. The minimum absolute atomic E-state index is 0.144. The lowest BCUT2D eigenvalue weighted by molar-refractivity contribution is 0.0690. The summed E-state index contributed by atoms with van der Waals surface area (Å²) in [6.45, 7) is 0. The zero-order valence-corrected chi connectivity index (χ0v) is 8.10. The van der Waals surface area contributed by atoms with E-state index in [1.54, 1.807) is 12.1 Å². The van der Waals surface area contributed by atoms with Crippen LogP contribution in [0.3, 0.4) is 0 Å². The van der Waals surface area contributed by atoms with Crippen molar-refractivity contribution in [3.05, 3.63) is 35.4 Å². The number of carboxylic acid groups (broad SMARTS) is 1. The van der Waals surface area contributed by atoms with Crippen LogP contribution >= 0.6 is 11.6 Å². The number of rotatable bonds is 2. The molecule has 0 aliphatic heterocycles. The van der Waals surface area contributed by atoms with Crippen LogP contribution in [0.2, 0.25) is 5.15 Å². The summed E-state index contributed by atoms with van der Waals surface area (Å²) in [6, 6.07) is 3.30. The van der Waals surface area contributed by atoms with Crippen molar-refractivity contribution in [1.82, 2.24) is 9.97 Å². The molecule has 2 aromatic rings. The number of oxazole rings is 1. The standard InChI is InChI=1S/C9H5ClN2O3/c10-7-5(2-1-3-11-7)8-12-6(4-15-8)9(13)14/h1-4H,(H,13,14). The van der Waals surface area contributed by atoms with E-state index >= 15 is 0 Å². The van der Waals surface area contributed by atoms with E-state index in [1.165, 1.54) is 6.20 Å². The Labute approximate surface area is 89.3 Å². The van der Waals surface area contributed by atoms with Gasteiger partial charge in [-0.1, -0.05) is 11.6 Å². The Balaban J connectivity index is 2.46. The quantitative estimate of drug-likeness (QED) is 0.791. The molecule has 5 nitrogen and oxygen atoms in total. The van der Waals surface area contributed by atoms with Crippen molar-refractivity contribution in [2.75, 3.05) is 0 Å². The van der Waals surface area contributed by atoms with Crippen LogP contribution < -0.4 is 0 Å². The Morgan fingerprint density at radius 3 is 2.93 bits per heavy atom. The molecule has 0 atom stereocenters. The van der Waals surface area contributed by atoms with Crippen LogP contribution in [0.25, 0.3) is 11.5 Å². The maximum atomic E-state index is 10.6. The van der Waals surface area contributed by atoms with Crippen molar-refractivity contribution in [2.45, 2.75) is 0 Å². The highest BCUT2D eigenvalue weighted by Gasteiger charge is 2.14. The van der Waals surface area contributed by atoms with Crippen LogP contribution in [0.5, 0.6) is 0 Å². The number of hydrogen-bond donors (Lipinski definition) is 1. The summed E-state index contributed by atoms with van der Waals surface area (Å²) in [7, 11) is 0. The lowest BCUT2D eigenvalue weighted by Crippen LogP contribution is -1.95. The highest BCUT2D eigenvalue weighted by atomic mass is 35.5. The fourth-order valence-corrected chi connectivity index (χ4v) is 1.24. The van der Waals surface area contributed by atoms with Gasteiger partial charge in [0.1, 0.15) is 11.4 Å². The SMILES string of the molecule is O=C(O)c1coc(-c2cccnc2Cl)n1. The fourth-order valence-electron chi connectivity index (χ4n) is 1.04. The van der Waals surface area contributed by atoms with Gasteiger partial charge in [0, 0.05) is 6.20 Å². The van der Waals surface area contributed by atoms with E-state index in [-0.39, 0.29) is 16.7 Å². The molecule has 0 radical (unpaired) electrons. The number of pyridine rings is 1. The minimum Gasteiger partial charge on any atom is -0.476 e. The molecule has 0 unspecified atom stereocenters. The average molecular weight is 225 g/mol. The van der Waals surface area contributed by atoms with E-state index in [9.17, 15) is 4.79 Å². The number of halogens is 1. The van der Waals surface area contributed by atoms with Crippen LogP contribution in [0, 0.1) is 0 Å². The Bertz CT molecular complexity index is 510. The average Bonchev–Trinajstić information content (AvgIpc) is 2.67. The first-order chi connectivity index (χ1) is 7.18. The smallest absolute Gasteiger partial charge is 0.357 e. The third kappa shape index (κ3) is 1.82. The predicted octanol–water partition coefficient (Wildman–Crippen LogP) is 2.09. The third-order valence-electron chi connectivity index (χ3n) is 1.71. The molecule has 0 fully saturated rings. The van der Waals surface area contributed by atoms with E-state index < -0.39 is 5.97 Å². The normalized spacial score (nSPS) is 10.2. The van der Waals surface area contributed by atoms with Gasteiger partial charge in [-0.15, -0.1) is 0 Å². The van der Waals surface area contributed by atoms with Crippen molar-refractivity contribution in [3.63, 3.8) is 0 Å². The van der Waals surface area contributed by atoms with Gasteiger partial charge in [0.25, 0.3) is 0 Å². The lowest BCUT2D eigenvalue weighted by Gasteiger charge is -1.95. The van der Waals surface area contributed by atoms with Gasteiger partial charge in [-0.05, 0) is 12.1 Å². The van der Waals surface area contributed by atoms with Gasteiger partial charge in [-0.3, -0.25) is 0 Å². The second-order valence-corrected chi connectivity index (χ2v) is 3.04. The number of carbonyl (C=O) groups is 1. The Morgan fingerprint density at radius 2 is 2.33 bits per heavy atom. The van der Waals surface area contributed by atoms with Crippen LogP contribution in [0.1, 0.15) is 10.5 Å². The number of hydrogen-bond acceptors (Lipinski definition) is 4. The molecule has 1 N–H and O–H groups in total. The first kappa shape index (κ1) is 9.67. The number of aromatic carboxylic acids is 1. The third-order valence-corrected chi connectivity index (χ3v) is 2.01. The molecule has 2 aromatic heterocycles.